The van der Waals surface area contributed by atoms with Crippen molar-refractivity contribution >= 4 is 11.1 Å². The molecule has 0 spiro atoms. The molecule has 1 heterocycles. The molecule has 1 aromatic rings. The van der Waals surface area contributed by atoms with Gasteiger partial charge in [0.15, 0.2) is 0 Å². The van der Waals surface area contributed by atoms with Gasteiger partial charge in [0.1, 0.15) is 0 Å². The maximum Gasteiger partial charge on any atom is 1.00 e. The van der Waals surface area contributed by atoms with Crippen LogP contribution >= 0.6 is 0 Å². The van der Waals surface area contributed by atoms with Crippen LogP contribution in [-0.2, 0) is 11.1 Å². The molecule has 0 radical (unpaired) electrons. The molecule has 0 amide bonds. The number of nitrogens with zero attached hydrogens (tertiary/aromatic N) is 2. The van der Waals surface area contributed by atoms with E-state index in [1.807, 2.05) is 0 Å². The van der Waals surface area contributed by atoms with Crippen LogP contribution in [0.2, 0.25) is 0 Å². The first-order valence-corrected chi connectivity index (χ1v) is 3.78. The summed E-state index contributed by atoms with van der Waals surface area (Å²) >= 11 is -2.39. The smallest absolute Gasteiger partial charge is 0.766 e. The third-order valence-corrected chi connectivity index (χ3v) is 1.46. The monoisotopic (exact) mass is 180 g/mol. The SMILES string of the molecule is COc1ccnc(S(=O)[O-])n1.[Li+]. The van der Waals surface area contributed by atoms with Crippen molar-refractivity contribution < 1.29 is 32.4 Å². The topological polar surface area (TPSA) is 75.1 Å². The van der Waals surface area contributed by atoms with Gasteiger partial charge in [0.05, 0.1) is 7.11 Å². The average molecular weight is 180 g/mol. The predicted octanol–water partition coefficient (Wildman–Crippen LogP) is -3.27. The molecule has 12 heavy (non-hydrogen) atoms. The summed E-state index contributed by atoms with van der Waals surface area (Å²) in [5, 5.41) is -0.260. The van der Waals surface area contributed by atoms with Crippen molar-refractivity contribution in [1.82, 2.24) is 9.97 Å². The minimum Gasteiger partial charge on any atom is -0.766 e. The molecule has 1 atom stereocenters. The summed E-state index contributed by atoms with van der Waals surface area (Å²) in [5.41, 5.74) is 0. The number of hydrogen-bond acceptors (Lipinski definition) is 5. The Morgan fingerprint density at radius 2 is 2.33 bits per heavy atom. The van der Waals surface area contributed by atoms with E-state index in [0.29, 0.717) is 0 Å². The molecule has 0 aromatic carbocycles. The Bertz CT molecular complexity index is 283. The Morgan fingerprint density at radius 1 is 1.67 bits per heavy atom. The maximum atomic E-state index is 10.3. The summed E-state index contributed by atoms with van der Waals surface area (Å²) < 4.78 is 25.3. The Kier molecular flexibility index (Phi) is 5.09. The van der Waals surface area contributed by atoms with Crippen molar-refractivity contribution in [2.24, 2.45) is 0 Å². The second-order valence-electron chi connectivity index (χ2n) is 1.62. The van der Waals surface area contributed by atoms with Crippen LogP contribution in [-0.4, -0.2) is 25.8 Å². The van der Waals surface area contributed by atoms with Crippen LogP contribution < -0.4 is 23.6 Å². The van der Waals surface area contributed by atoms with Crippen molar-refractivity contribution in [2.75, 3.05) is 7.11 Å². The summed E-state index contributed by atoms with van der Waals surface area (Å²) in [7, 11) is 1.40. The third-order valence-electron chi connectivity index (χ3n) is 0.966. The quantitative estimate of drug-likeness (QED) is 0.271. The van der Waals surface area contributed by atoms with Gasteiger partial charge in [-0.2, -0.15) is 4.98 Å². The summed E-state index contributed by atoms with van der Waals surface area (Å²) in [6, 6.07) is 1.47. The minimum atomic E-state index is -2.39. The molecule has 1 rings (SSSR count). The molecule has 7 heteroatoms. The van der Waals surface area contributed by atoms with Gasteiger partial charge in [-0.1, -0.05) is 0 Å². The first-order valence-electron chi connectivity index (χ1n) is 2.70. The van der Waals surface area contributed by atoms with Crippen LogP contribution in [0.15, 0.2) is 17.4 Å². The summed E-state index contributed by atoms with van der Waals surface area (Å²) in [6.45, 7) is 0. The van der Waals surface area contributed by atoms with E-state index in [1.165, 1.54) is 19.4 Å². The van der Waals surface area contributed by atoms with Crippen molar-refractivity contribution in [2.45, 2.75) is 5.16 Å². The number of rotatable bonds is 2. The van der Waals surface area contributed by atoms with Crippen LogP contribution in [0, 0.1) is 0 Å². The first-order chi connectivity index (χ1) is 5.24. The van der Waals surface area contributed by atoms with Crippen molar-refractivity contribution in [3.63, 3.8) is 0 Å². The second-order valence-corrected chi connectivity index (χ2v) is 2.45. The van der Waals surface area contributed by atoms with E-state index in [4.69, 9.17) is 0 Å². The second kappa shape index (κ2) is 5.27. The average Bonchev–Trinajstić information content (AvgIpc) is 2.05. The Balaban J connectivity index is 0.00000121. The van der Waals surface area contributed by atoms with Gasteiger partial charge >= 0.3 is 18.9 Å². The van der Waals surface area contributed by atoms with E-state index in [2.05, 4.69) is 14.7 Å². The molecule has 0 saturated carbocycles. The summed E-state index contributed by atoms with van der Waals surface area (Å²) in [6.07, 6.45) is 1.32. The Hall–Kier alpha value is -0.413. The fourth-order valence-corrected chi connectivity index (χ4v) is 0.831. The number of hydrogen-bond donors (Lipinski definition) is 0. The van der Waals surface area contributed by atoms with Gasteiger partial charge in [-0.25, -0.2) is 4.98 Å². The molecule has 0 aliphatic rings. The van der Waals surface area contributed by atoms with Crippen LogP contribution in [0.3, 0.4) is 0 Å². The van der Waals surface area contributed by atoms with E-state index in [9.17, 15) is 8.76 Å². The van der Waals surface area contributed by atoms with Crippen molar-refractivity contribution in [3.05, 3.63) is 12.3 Å². The van der Waals surface area contributed by atoms with E-state index >= 15 is 0 Å². The van der Waals surface area contributed by atoms with E-state index in [0.717, 1.165) is 0 Å². The van der Waals surface area contributed by atoms with E-state index in [1.54, 1.807) is 0 Å². The van der Waals surface area contributed by atoms with Gasteiger partial charge in [-0.05, 0) is 0 Å². The molecule has 0 aliphatic heterocycles. The number of aromatic nitrogens is 2. The first kappa shape index (κ1) is 11.6. The summed E-state index contributed by atoms with van der Waals surface area (Å²) in [5.74, 6) is 0.235. The normalized spacial score (nSPS) is 11.5. The van der Waals surface area contributed by atoms with Gasteiger partial charge in [-0.3, -0.25) is 4.21 Å². The molecule has 0 N–H and O–H groups in total. The largest absolute Gasteiger partial charge is 1.00 e. The Morgan fingerprint density at radius 3 is 2.83 bits per heavy atom. The standard InChI is InChI=1S/C5H6N2O3S.Li/c1-10-4-2-3-6-5(7-4)11(8)9;/h2-3H,1H3,(H,8,9);/q;+1/p-1. The zero-order valence-electron chi connectivity index (χ0n) is 6.68. The molecule has 0 fully saturated rings. The van der Waals surface area contributed by atoms with Gasteiger partial charge in [0, 0.05) is 23.3 Å². The predicted molar refractivity (Wildman–Crippen MR) is 35.8 cm³/mol. The van der Waals surface area contributed by atoms with Gasteiger partial charge in [0.25, 0.3) is 0 Å². The molecule has 60 valence electrons. The van der Waals surface area contributed by atoms with Gasteiger partial charge in [0.2, 0.25) is 11.0 Å². The van der Waals surface area contributed by atoms with Crippen molar-refractivity contribution in [3.8, 4) is 5.88 Å². The molecular formula is C5H5LiN2O3S. The fourth-order valence-electron chi connectivity index (χ4n) is 0.519. The van der Waals surface area contributed by atoms with Crippen LogP contribution in [0.1, 0.15) is 0 Å². The molecule has 1 aromatic heterocycles. The molecular weight excluding hydrogens is 175 g/mol. The van der Waals surface area contributed by atoms with E-state index in [-0.39, 0.29) is 29.9 Å². The molecule has 0 saturated heterocycles. The Labute approximate surface area is 84.0 Å². The van der Waals surface area contributed by atoms with E-state index < -0.39 is 11.1 Å². The summed E-state index contributed by atoms with van der Waals surface area (Å²) in [4.78, 5) is 7.03. The van der Waals surface area contributed by atoms with Crippen molar-refractivity contribution in [1.29, 1.82) is 0 Å². The minimum absolute atomic E-state index is 0. The number of ether oxygens (including phenoxy) is 1. The maximum absolute atomic E-state index is 10.3. The van der Waals surface area contributed by atoms with Gasteiger partial charge in [-0.15, -0.1) is 0 Å². The molecule has 0 bridgehead atoms. The molecule has 1 unspecified atom stereocenters. The third kappa shape index (κ3) is 2.91. The van der Waals surface area contributed by atoms with Gasteiger partial charge < -0.3 is 9.29 Å². The van der Waals surface area contributed by atoms with Crippen LogP contribution in [0.4, 0.5) is 0 Å². The molecule has 0 aliphatic carbocycles. The van der Waals surface area contributed by atoms with Crippen LogP contribution in [0.5, 0.6) is 5.88 Å². The van der Waals surface area contributed by atoms with Crippen LogP contribution in [0.25, 0.3) is 0 Å². The number of methoxy groups -OCH3 is 1. The zero-order valence-corrected chi connectivity index (χ0v) is 7.50. The fraction of sp³-hybridized carbons (Fsp3) is 0.200. The zero-order chi connectivity index (χ0) is 8.27. The molecule has 5 nitrogen and oxygen atoms in total.